The zero-order chi connectivity index (χ0) is 9.64. The van der Waals surface area contributed by atoms with Gasteiger partial charge in [0.25, 0.3) is 0 Å². The third-order valence-corrected chi connectivity index (χ3v) is 1.95. The lowest BCUT2D eigenvalue weighted by Crippen LogP contribution is -1.70. The average Bonchev–Trinajstić information content (AvgIpc) is 2.29. The van der Waals surface area contributed by atoms with E-state index in [4.69, 9.17) is 4.42 Å². The molecule has 0 aliphatic carbocycles. The third-order valence-electron chi connectivity index (χ3n) is 1.95. The van der Waals surface area contributed by atoms with E-state index in [1.165, 1.54) is 5.56 Å². The second-order valence-corrected chi connectivity index (χ2v) is 2.99. The topological polar surface area (TPSA) is 11.3 Å². The zero-order valence-electron chi connectivity index (χ0n) is 7.76. The minimum Gasteiger partial charge on any atom is -0.224 e. The molecule has 1 aromatic heterocycles. The molecule has 1 heteroatoms. The number of rotatable bonds is 2. The van der Waals surface area contributed by atoms with Crippen LogP contribution in [0.25, 0.3) is 12.2 Å². The summed E-state index contributed by atoms with van der Waals surface area (Å²) >= 11 is 0. The predicted octanol–water partition coefficient (Wildman–Crippen LogP) is 3.73. The minimum absolute atomic E-state index is 1.14. The van der Waals surface area contributed by atoms with E-state index in [1.54, 1.807) is 12.5 Å². The smallest absolute Gasteiger partial charge is 0.224 e. The molecule has 0 radical (unpaired) electrons. The predicted molar refractivity (Wildman–Crippen MR) is 58.5 cm³/mol. The average molecular weight is 183 g/mol. The van der Waals surface area contributed by atoms with E-state index in [2.05, 4.69) is 24.3 Å². The molecule has 0 saturated heterocycles. The Morgan fingerprint density at radius 2 is 1.29 bits per heavy atom. The maximum Gasteiger partial charge on any atom is 0.318 e. The summed E-state index contributed by atoms with van der Waals surface area (Å²) in [5, 5.41) is 0. The van der Waals surface area contributed by atoms with Crippen molar-refractivity contribution >= 4 is 12.2 Å². The molecular weight excluding hydrogens is 172 g/mol. The van der Waals surface area contributed by atoms with Crippen molar-refractivity contribution < 1.29 is 4.42 Å². The molecular formula is C13H11O+. The van der Waals surface area contributed by atoms with Gasteiger partial charge < -0.3 is 0 Å². The molecule has 2 aromatic rings. The standard InChI is InChI=1S/C13H11O/c1-2-4-12(5-3-1)6-7-13-8-10-14-11-9-13/h1-11H/q+1. The molecule has 0 bridgehead atoms. The van der Waals surface area contributed by atoms with Crippen molar-refractivity contribution in [3.8, 4) is 0 Å². The summed E-state index contributed by atoms with van der Waals surface area (Å²) in [5.41, 5.74) is 2.34. The highest BCUT2D eigenvalue weighted by Crippen LogP contribution is 2.06. The summed E-state index contributed by atoms with van der Waals surface area (Å²) in [4.78, 5) is 0. The Morgan fingerprint density at radius 1 is 0.714 bits per heavy atom. The lowest BCUT2D eigenvalue weighted by Gasteiger charge is -1.90. The largest absolute Gasteiger partial charge is 0.318 e. The molecule has 14 heavy (non-hydrogen) atoms. The Balaban J connectivity index is 2.16. The molecule has 1 heterocycles. The van der Waals surface area contributed by atoms with Gasteiger partial charge in [-0.25, -0.2) is 4.42 Å². The fourth-order valence-corrected chi connectivity index (χ4v) is 1.20. The first kappa shape index (κ1) is 8.70. The van der Waals surface area contributed by atoms with Gasteiger partial charge >= 0.3 is 12.5 Å². The lowest BCUT2D eigenvalue weighted by molar-refractivity contribution is 0.550. The molecule has 0 saturated carbocycles. The van der Waals surface area contributed by atoms with Crippen molar-refractivity contribution in [3.63, 3.8) is 0 Å². The van der Waals surface area contributed by atoms with Crippen molar-refractivity contribution in [3.05, 3.63) is 66.1 Å². The fourth-order valence-electron chi connectivity index (χ4n) is 1.20. The van der Waals surface area contributed by atoms with Gasteiger partial charge in [0.15, 0.2) is 0 Å². The minimum atomic E-state index is 1.14. The Bertz CT molecular complexity index is 362. The van der Waals surface area contributed by atoms with Crippen LogP contribution in [0.1, 0.15) is 11.1 Å². The fraction of sp³-hybridized carbons (Fsp3) is 0. The summed E-state index contributed by atoms with van der Waals surface area (Å²) in [6.45, 7) is 0. The van der Waals surface area contributed by atoms with Crippen LogP contribution in [0, 0.1) is 0 Å². The van der Waals surface area contributed by atoms with Crippen LogP contribution in [0.4, 0.5) is 0 Å². The van der Waals surface area contributed by atoms with Crippen molar-refractivity contribution in [2.75, 3.05) is 0 Å². The van der Waals surface area contributed by atoms with Crippen molar-refractivity contribution in [1.82, 2.24) is 0 Å². The van der Waals surface area contributed by atoms with Crippen LogP contribution in [0.2, 0.25) is 0 Å². The van der Waals surface area contributed by atoms with Crippen LogP contribution in [0.5, 0.6) is 0 Å². The van der Waals surface area contributed by atoms with E-state index < -0.39 is 0 Å². The SMILES string of the molecule is C(=Cc1cc[o+]cc1)c1ccccc1. The van der Waals surface area contributed by atoms with E-state index in [-0.39, 0.29) is 0 Å². The molecule has 0 unspecified atom stereocenters. The Kier molecular flexibility index (Phi) is 2.72. The summed E-state index contributed by atoms with van der Waals surface area (Å²) in [7, 11) is 0. The molecule has 0 fully saturated rings. The molecule has 2 rings (SSSR count). The van der Waals surface area contributed by atoms with E-state index in [9.17, 15) is 0 Å². The van der Waals surface area contributed by atoms with Crippen LogP contribution in [-0.2, 0) is 0 Å². The number of hydrogen-bond donors (Lipinski definition) is 0. The van der Waals surface area contributed by atoms with Gasteiger partial charge in [-0.2, -0.15) is 0 Å². The highest BCUT2D eigenvalue weighted by atomic mass is 16.3. The van der Waals surface area contributed by atoms with Crippen LogP contribution in [0.3, 0.4) is 0 Å². The molecule has 0 aliphatic heterocycles. The van der Waals surface area contributed by atoms with Gasteiger partial charge in [0.1, 0.15) is 0 Å². The maximum atomic E-state index is 4.94. The molecule has 1 aromatic carbocycles. The molecule has 0 amide bonds. The van der Waals surface area contributed by atoms with Crippen molar-refractivity contribution in [1.29, 1.82) is 0 Å². The van der Waals surface area contributed by atoms with Crippen molar-refractivity contribution in [2.45, 2.75) is 0 Å². The van der Waals surface area contributed by atoms with Crippen LogP contribution >= 0.6 is 0 Å². The highest BCUT2D eigenvalue weighted by molar-refractivity contribution is 5.69. The first-order valence-electron chi connectivity index (χ1n) is 4.54. The van der Waals surface area contributed by atoms with E-state index in [1.807, 2.05) is 30.3 Å². The van der Waals surface area contributed by atoms with E-state index in [0.29, 0.717) is 0 Å². The summed E-state index contributed by atoms with van der Waals surface area (Å²) in [6.07, 6.45) is 7.48. The number of hydrogen-bond acceptors (Lipinski definition) is 0. The van der Waals surface area contributed by atoms with Gasteiger partial charge in [-0.15, -0.1) is 0 Å². The van der Waals surface area contributed by atoms with Crippen LogP contribution in [-0.4, -0.2) is 0 Å². The Labute approximate surface area is 83.3 Å². The summed E-state index contributed by atoms with van der Waals surface area (Å²) < 4.78 is 4.94. The van der Waals surface area contributed by atoms with Crippen molar-refractivity contribution in [2.24, 2.45) is 0 Å². The second kappa shape index (κ2) is 4.38. The Hall–Kier alpha value is -1.89. The molecule has 0 N–H and O–H groups in total. The summed E-state index contributed by atoms with van der Waals surface area (Å²) in [5.74, 6) is 0. The van der Waals surface area contributed by atoms with E-state index >= 15 is 0 Å². The quantitative estimate of drug-likeness (QED) is 0.645. The molecule has 1 nitrogen and oxygen atoms in total. The zero-order valence-corrected chi connectivity index (χ0v) is 7.76. The van der Waals surface area contributed by atoms with E-state index in [0.717, 1.165) is 5.56 Å². The van der Waals surface area contributed by atoms with Gasteiger partial charge in [-0.3, -0.25) is 0 Å². The molecule has 68 valence electrons. The lowest BCUT2D eigenvalue weighted by atomic mass is 10.2. The monoisotopic (exact) mass is 183 g/mol. The van der Waals surface area contributed by atoms with Gasteiger partial charge in [-0.05, 0) is 11.1 Å². The van der Waals surface area contributed by atoms with Gasteiger partial charge in [0.05, 0.1) is 0 Å². The summed E-state index contributed by atoms with van der Waals surface area (Å²) in [6, 6.07) is 14.1. The van der Waals surface area contributed by atoms with Crippen LogP contribution in [0.15, 0.2) is 59.4 Å². The third kappa shape index (κ3) is 2.30. The highest BCUT2D eigenvalue weighted by Gasteiger charge is 1.90. The van der Waals surface area contributed by atoms with Gasteiger partial charge in [0.2, 0.25) is 0 Å². The second-order valence-electron chi connectivity index (χ2n) is 2.99. The first-order valence-corrected chi connectivity index (χ1v) is 4.54. The maximum absolute atomic E-state index is 4.94. The normalized spacial score (nSPS) is 10.6. The first-order chi connectivity index (χ1) is 6.95. The molecule has 0 aliphatic rings. The number of benzene rings is 1. The molecule has 0 atom stereocenters. The van der Waals surface area contributed by atoms with Crippen LogP contribution < -0.4 is 0 Å². The van der Waals surface area contributed by atoms with Gasteiger partial charge in [0, 0.05) is 12.1 Å². The Morgan fingerprint density at radius 3 is 1.93 bits per heavy atom. The molecule has 0 spiro atoms. The van der Waals surface area contributed by atoms with Gasteiger partial charge in [-0.1, -0.05) is 42.5 Å².